The van der Waals surface area contributed by atoms with E-state index in [0.717, 1.165) is 24.2 Å². The molecule has 0 saturated carbocycles. The Morgan fingerprint density at radius 1 is 1.00 bits per heavy atom. The second kappa shape index (κ2) is 6.35. The number of rotatable bonds is 5. The molecule has 0 amide bonds. The van der Waals surface area contributed by atoms with Gasteiger partial charge in [0.1, 0.15) is 5.84 Å². The van der Waals surface area contributed by atoms with Gasteiger partial charge < -0.3 is 5.73 Å². The van der Waals surface area contributed by atoms with Gasteiger partial charge in [-0.15, -0.1) is 0 Å². The molecule has 0 bridgehead atoms. The summed E-state index contributed by atoms with van der Waals surface area (Å²) < 4.78 is 0. The molecule has 0 aliphatic rings. The van der Waals surface area contributed by atoms with Crippen LogP contribution in [-0.4, -0.2) is 17.8 Å². The van der Waals surface area contributed by atoms with Crippen molar-refractivity contribution in [3.63, 3.8) is 0 Å². The molecule has 0 heterocycles. The maximum absolute atomic E-state index is 7.64. The van der Waals surface area contributed by atoms with Crippen molar-refractivity contribution in [2.75, 3.05) is 7.05 Å². The van der Waals surface area contributed by atoms with Gasteiger partial charge in [0.25, 0.3) is 0 Å². The number of nitrogens with one attached hydrogen (secondary N) is 1. The van der Waals surface area contributed by atoms with Gasteiger partial charge >= 0.3 is 0 Å². The van der Waals surface area contributed by atoms with Gasteiger partial charge in [-0.1, -0.05) is 48.5 Å². The lowest BCUT2D eigenvalue weighted by molar-refractivity contribution is 0.318. The highest BCUT2D eigenvalue weighted by atomic mass is 15.1. The Morgan fingerprint density at radius 2 is 1.55 bits per heavy atom. The largest absolute Gasteiger partial charge is 0.384 e. The first-order chi connectivity index (χ1) is 9.58. The summed E-state index contributed by atoms with van der Waals surface area (Å²) in [5.74, 6) is 0.130. The predicted molar refractivity (Wildman–Crippen MR) is 83.8 cm³/mol. The number of hydrogen-bond donors (Lipinski definition) is 2. The van der Waals surface area contributed by atoms with Crippen molar-refractivity contribution >= 4 is 5.84 Å². The highest BCUT2D eigenvalue weighted by molar-refractivity contribution is 5.96. The molecular weight excluding hydrogens is 246 g/mol. The molecule has 3 N–H and O–H groups in total. The van der Waals surface area contributed by atoms with Gasteiger partial charge in [0.15, 0.2) is 0 Å². The molecule has 2 rings (SSSR count). The van der Waals surface area contributed by atoms with E-state index in [4.69, 9.17) is 11.1 Å². The average molecular weight is 267 g/mol. The van der Waals surface area contributed by atoms with Crippen LogP contribution >= 0.6 is 0 Å². The summed E-state index contributed by atoms with van der Waals surface area (Å²) in [5.41, 5.74) is 10.2. The molecule has 0 radical (unpaired) electrons. The molecule has 0 fully saturated rings. The van der Waals surface area contributed by atoms with Crippen LogP contribution in [0.5, 0.6) is 0 Å². The first-order valence-corrected chi connectivity index (χ1v) is 6.73. The van der Waals surface area contributed by atoms with Crippen molar-refractivity contribution in [2.45, 2.75) is 20.0 Å². The monoisotopic (exact) mass is 267 g/mol. The Morgan fingerprint density at radius 3 is 2.20 bits per heavy atom. The zero-order valence-corrected chi connectivity index (χ0v) is 12.1. The minimum absolute atomic E-state index is 0.130. The molecule has 3 nitrogen and oxygen atoms in total. The number of aryl methyl sites for hydroxylation is 1. The summed E-state index contributed by atoms with van der Waals surface area (Å²) in [7, 11) is 2.09. The van der Waals surface area contributed by atoms with E-state index in [1.165, 1.54) is 11.1 Å². The maximum Gasteiger partial charge on any atom is 0.123 e. The topological polar surface area (TPSA) is 53.1 Å². The van der Waals surface area contributed by atoms with Crippen LogP contribution in [0, 0.1) is 12.3 Å². The first kappa shape index (κ1) is 14.3. The van der Waals surface area contributed by atoms with Crippen LogP contribution in [0.4, 0.5) is 0 Å². The second-order valence-electron chi connectivity index (χ2n) is 5.17. The van der Waals surface area contributed by atoms with Crippen LogP contribution in [0.1, 0.15) is 22.3 Å². The normalized spacial score (nSPS) is 10.8. The van der Waals surface area contributed by atoms with Gasteiger partial charge in [-0.3, -0.25) is 10.3 Å². The fourth-order valence-electron chi connectivity index (χ4n) is 2.35. The van der Waals surface area contributed by atoms with Gasteiger partial charge in [-0.2, -0.15) is 0 Å². The van der Waals surface area contributed by atoms with E-state index < -0.39 is 0 Å². The Hall–Kier alpha value is -2.13. The Kier molecular flexibility index (Phi) is 4.53. The fourth-order valence-corrected chi connectivity index (χ4v) is 2.35. The van der Waals surface area contributed by atoms with Gasteiger partial charge in [-0.05, 0) is 30.7 Å². The maximum atomic E-state index is 7.64. The molecular formula is C17H21N3. The quantitative estimate of drug-likeness (QED) is 0.646. The lowest BCUT2D eigenvalue weighted by Crippen LogP contribution is -2.21. The SMILES string of the molecule is Cc1ccccc1CN(C)Cc1ccccc1C(=N)N. The zero-order chi connectivity index (χ0) is 14.5. The van der Waals surface area contributed by atoms with Gasteiger partial charge in [0, 0.05) is 18.7 Å². The first-order valence-electron chi connectivity index (χ1n) is 6.73. The van der Waals surface area contributed by atoms with Crippen molar-refractivity contribution in [1.29, 1.82) is 5.41 Å². The highest BCUT2D eigenvalue weighted by Gasteiger charge is 2.08. The van der Waals surface area contributed by atoms with E-state index in [1.54, 1.807) is 0 Å². The van der Waals surface area contributed by atoms with Crippen LogP contribution in [0.15, 0.2) is 48.5 Å². The smallest absolute Gasteiger partial charge is 0.123 e. The van der Waals surface area contributed by atoms with Crippen LogP contribution in [0.3, 0.4) is 0 Å². The van der Waals surface area contributed by atoms with E-state index in [9.17, 15) is 0 Å². The lowest BCUT2D eigenvalue weighted by Gasteiger charge is -2.19. The van der Waals surface area contributed by atoms with Crippen molar-refractivity contribution in [3.8, 4) is 0 Å². The fraction of sp³-hybridized carbons (Fsp3) is 0.235. The molecule has 0 spiro atoms. The van der Waals surface area contributed by atoms with Crippen molar-refractivity contribution in [3.05, 3.63) is 70.8 Å². The Bertz CT molecular complexity index is 605. The molecule has 20 heavy (non-hydrogen) atoms. The van der Waals surface area contributed by atoms with E-state index in [1.807, 2.05) is 24.3 Å². The number of nitrogens with zero attached hydrogens (tertiary/aromatic N) is 1. The van der Waals surface area contributed by atoms with Crippen LogP contribution in [0.25, 0.3) is 0 Å². The third-order valence-corrected chi connectivity index (χ3v) is 3.45. The summed E-state index contributed by atoms with van der Waals surface area (Å²) >= 11 is 0. The molecule has 0 aromatic heterocycles. The number of nitrogens with two attached hydrogens (primary N) is 1. The molecule has 3 heteroatoms. The number of nitrogen functional groups attached to an aromatic ring is 1. The zero-order valence-electron chi connectivity index (χ0n) is 12.1. The minimum atomic E-state index is 0.130. The average Bonchev–Trinajstić information content (AvgIpc) is 2.41. The van der Waals surface area contributed by atoms with E-state index in [2.05, 4.69) is 43.1 Å². The van der Waals surface area contributed by atoms with Crippen LogP contribution in [-0.2, 0) is 13.1 Å². The number of hydrogen-bond acceptors (Lipinski definition) is 2. The molecule has 0 unspecified atom stereocenters. The third kappa shape index (κ3) is 3.45. The molecule has 0 aliphatic carbocycles. The van der Waals surface area contributed by atoms with Gasteiger partial charge in [0.05, 0.1) is 0 Å². The third-order valence-electron chi connectivity index (χ3n) is 3.45. The predicted octanol–water partition coefficient (Wildman–Crippen LogP) is 2.91. The summed E-state index contributed by atoms with van der Waals surface area (Å²) in [6, 6.07) is 16.3. The molecule has 104 valence electrons. The summed E-state index contributed by atoms with van der Waals surface area (Å²) in [6.45, 7) is 3.80. The Labute approximate surface area is 120 Å². The number of benzene rings is 2. The molecule has 2 aromatic carbocycles. The van der Waals surface area contributed by atoms with E-state index in [-0.39, 0.29) is 5.84 Å². The standard InChI is InChI=1S/C17H21N3/c1-13-7-3-4-8-14(13)11-20(2)12-15-9-5-6-10-16(15)17(18)19/h3-10H,11-12H2,1-2H3,(H3,18,19). The van der Waals surface area contributed by atoms with Crippen molar-refractivity contribution in [1.82, 2.24) is 4.90 Å². The Balaban J connectivity index is 2.11. The summed E-state index contributed by atoms with van der Waals surface area (Å²) in [5, 5.41) is 7.64. The van der Waals surface area contributed by atoms with E-state index >= 15 is 0 Å². The molecule has 0 saturated heterocycles. The van der Waals surface area contributed by atoms with Crippen molar-refractivity contribution < 1.29 is 0 Å². The number of amidine groups is 1. The van der Waals surface area contributed by atoms with Crippen LogP contribution < -0.4 is 5.73 Å². The molecule has 2 aromatic rings. The van der Waals surface area contributed by atoms with Gasteiger partial charge in [0.2, 0.25) is 0 Å². The second-order valence-corrected chi connectivity index (χ2v) is 5.17. The minimum Gasteiger partial charge on any atom is -0.384 e. The summed E-state index contributed by atoms with van der Waals surface area (Å²) in [4.78, 5) is 2.24. The van der Waals surface area contributed by atoms with E-state index in [0.29, 0.717) is 0 Å². The molecule has 0 aliphatic heterocycles. The lowest BCUT2D eigenvalue weighted by atomic mass is 10.1. The van der Waals surface area contributed by atoms with Gasteiger partial charge in [-0.25, -0.2) is 0 Å². The summed E-state index contributed by atoms with van der Waals surface area (Å²) in [6.07, 6.45) is 0. The molecule has 0 atom stereocenters. The van der Waals surface area contributed by atoms with Crippen LogP contribution in [0.2, 0.25) is 0 Å². The van der Waals surface area contributed by atoms with Crippen molar-refractivity contribution in [2.24, 2.45) is 5.73 Å². The highest BCUT2D eigenvalue weighted by Crippen LogP contribution is 2.14.